The van der Waals surface area contributed by atoms with E-state index in [4.69, 9.17) is 9.73 Å². The van der Waals surface area contributed by atoms with E-state index >= 15 is 0 Å². The number of aromatic nitrogens is 4. The lowest BCUT2D eigenvalue weighted by Crippen LogP contribution is -2.42. The van der Waals surface area contributed by atoms with E-state index in [0.29, 0.717) is 5.82 Å². The fourth-order valence-electron chi connectivity index (χ4n) is 4.16. The van der Waals surface area contributed by atoms with Crippen LogP contribution in [0.25, 0.3) is 16.8 Å². The third-order valence-electron chi connectivity index (χ3n) is 5.73. The number of nitrogens with zero attached hydrogens (tertiary/aromatic N) is 5. The van der Waals surface area contributed by atoms with Crippen LogP contribution in [0, 0.1) is 0 Å². The van der Waals surface area contributed by atoms with E-state index in [1.165, 1.54) is 0 Å². The van der Waals surface area contributed by atoms with Crippen molar-refractivity contribution in [2.45, 2.75) is 6.42 Å². The lowest BCUT2D eigenvalue weighted by atomic mass is 9.97. The molecule has 8 nitrogen and oxygen atoms in total. The van der Waals surface area contributed by atoms with Crippen LogP contribution in [0.1, 0.15) is 23.4 Å². The molecule has 1 aromatic heterocycles. The summed E-state index contributed by atoms with van der Waals surface area (Å²) < 4.78 is 6.00. The van der Waals surface area contributed by atoms with Crippen LogP contribution >= 0.6 is 0 Å². The molecule has 3 aromatic carbocycles. The van der Waals surface area contributed by atoms with Gasteiger partial charge < -0.3 is 4.74 Å². The topological polar surface area (TPSA) is 91.3 Å². The zero-order valence-electron chi connectivity index (χ0n) is 18.2. The van der Waals surface area contributed by atoms with Crippen LogP contribution in [0.3, 0.4) is 0 Å². The van der Waals surface area contributed by atoms with Crippen molar-refractivity contribution in [3.63, 3.8) is 0 Å². The summed E-state index contributed by atoms with van der Waals surface area (Å²) in [5, 5.41) is 16.7. The minimum atomic E-state index is 0.563. The van der Waals surface area contributed by atoms with Crippen LogP contribution in [0.5, 0.6) is 11.5 Å². The van der Waals surface area contributed by atoms with Gasteiger partial charge in [-0.1, -0.05) is 48.5 Å². The molecule has 166 valence electrons. The standard InChI is InChI=1S/C26H21N7O/c1-3-7-18(8-4-1)23-17-27-26-22(25-29-31-32-30-25)15-16-28-33(26)24(23)19-11-13-21(14-12-19)34-20-9-5-2-6-10-20/h1-14,17,28H,15-16H2,(H,29,30,31,32). The molecule has 4 aromatic rings. The van der Waals surface area contributed by atoms with Gasteiger partial charge in [0.15, 0.2) is 5.82 Å². The smallest absolute Gasteiger partial charge is 0.204 e. The second-order valence-corrected chi connectivity index (χ2v) is 7.86. The quantitative estimate of drug-likeness (QED) is 0.467. The van der Waals surface area contributed by atoms with Crippen LogP contribution in [-0.2, 0) is 0 Å². The molecule has 2 aliphatic rings. The number of hydrogen-bond acceptors (Lipinski definition) is 7. The Bertz CT molecular complexity index is 1380. The van der Waals surface area contributed by atoms with Gasteiger partial charge in [-0.2, -0.15) is 5.21 Å². The lowest BCUT2D eigenvalue weighted by Gasteiger charge is -2.36. The van der Waals surface area contributed by atoms with Crippen LogP contribution in [0.2, 0.25) is 0 Å². The summed E-state index contributed by atoms with van der Waals surface area (Å²) in [6, 6.07) is 28.1. The first kappa shape index (κ1) is 20.1. The summed E-state index contributed by atoms with van der Waals surface area (Å²) in [7, 11) is 0. The minimum Gasteiger partial charge on any atom is -0.457 e. The Balaban J connectivity index is 1.44. The fourth-order valence-corrected chi connectivity index (χ4v) is 4.16. The number of aliphatic imine (C=N–C) groups is 1. The van der Waals surface area contributed by atoms with E-state index in [1.807, 2.05) is 71.9 Å². The van der Waals surface area contributed by atoms with Crippen molar-refractivity contribution in [1.29, 1.82) is 0 Å². The van der Waals surface area contributed by atoms with Gasteiger partial charge in [-0.15, -0.1) is 10.2 Å². The summed E-state index contributed by atoms with van der Waals surface area (Å²) in [5.41, 5.74) is 8.58. The molecule has 0 saturated carbocycles. The lowest BCUT2D eigenvalue weighted by molar-refractivity contribution is 0.341. The number of fused-ring (bicyclic) bond motifs is 1. The van der Waals surface area contributed by atoms with Gasteiger partial charge in [0.25, 0.3) is 0 Å². The molecule has 0 atom stereocenters. The molecular weight excluding hydrogens is 426 g/mol. The number of H-pyrrole nitrogens is 1. The summed E-state index contributed by atoms with van der Waals surface area (Å²) in [6.07, 6.45) is 2.67. The van der Waals surface area contributed by atoms with E-state index in [2.05, 4.69) is 50.3 Å². The van der Waals surface area contributed by atoms with Crippen molar-refractivity contribution >= 4 is 23.1 Å². The Hall–Kier alpha value is -4.56. The van der Waals surface area contributed by atoms with Crippen LogP contribution in [0.4, 0.5) is 0 Å². The van der Waals surface area contributed by atoms with Gasteiger partial charge in [0.1, 0.15) is 11.5 Å². The van der Waals surface area contributed by atoms with Crippen LogP contribution < -0.4 is 10.2 Å². The van der Waals surface area contributed by atoms with Crippen molar-refractivity contribution < 1.29 is 4.74 Å². The monoisotopic (exact) mass is 447 g/mol. The molecule has 0 saturated heterocycles. The van der Waals surface area contributed by atoms with Crippen molar-refractivity contribution in [1.82, 2.24) is 31.1 Å². The fraction of sp³-hybridized carbons (Fsp3) is 0.0769. The molecule has 0 aliphatic carbocycles. The molecule has 0 bridgehead atoms. The molecule has 0 radical (unpaired) electrons. The number of hydrazine groups is 1. The van der Waals surface area contributed by atoms with Crippen molar-refractivity contribution in [3.8, 4) is 11.5 Å². The van der Waals surface area contributed by atoms with Crippen molar-refractivity contribution in [3.05, 3.63) is 108 Å². The Labute approximate surface area is 196 Å². The summed E-state index contributed by atoms with van der Waals surface area (Å²) in [5.74, 6) is 2.91. The van der Waals surface area contributed by atoms with Gasteiger partial charge in [-0.3, -0.25) is 5.01 Å². The number of allylic oxidation sites excluding steroid dienone is 1. The number of rotatable bonds is 5. The Morgan fingerprint density at radius 3 is 2.26 bits per heavy atom. The van der Waals surface area contributed by atoms with Gasteiger partial charge >= 0.3 is 0 Å². The maximum Gasteiger partial charge on any atom is 0.204 e. The highest BCUT2D eigenvalue weighted by molar-refractivity contribution is 6.20. The SMILES string of the molecule is C1=NC2=C(c3nn[nH]n3)CCNN2C(c2ccc(Oc3ccccc3)cc2)=C1c1ccccc1. The molecule has 0 spiro atoms. The number of para-hydroxylation sites is 1. The molecule has 0 fully saturated rings. The van der Waals surface area contributed by atoms with Gasteiger partial charge in [-0.05, 0) is 53.6 Å². The van der Waals surface area contributed by atoms with Crippen LogP contribution in [-0.4, -0.2) is 38.4 Å². The second kappa shape index (κ2) is 8.76. The Kier molecular flexibility index (Phi) is 5.17. The predicted molar refractivity (Wildman–Crippen MR) is 130 cm³/mol. The summed E-state index contributed by atoms with van der Waals surface area (Å²) >= 11 is 0. The third kappa shape index (κ3) is 3.76. The zero-order chi connectivity index (χ0) is 22.7. The maximum absolute atomic E-state index is 6.00. The predicted octanol–water partition coefficient (Wildman–Crippen LogP) is 4.52. The van der Waals surface area contributed by atoms with Gasteiger partial charge in [0.2, 0.25) is 5.82 Å². The average molecular weight is 448 g/mol. The molecule has 3 heterocycles. The van der Waals surface area contributed by atoms with E-state index in [0.717, 1.165) is 58.3 Å². The third-order valence-corrected chi connectivity index (χ3v) is 5.73. The molecular formula is C26H21N7O. The molecule has 0 unspecified atom stereocenters. The molecule has 8 heteroatoms. The Morgan fingerprint density at radius 1 is 0.794 bits per heavy atom. The molecule has 0 amide bonds. The average Bonchev–Trinajstić information content (AvgIpc) is 3.44. The van der Waals surface area contributed by atoms with Gasteiger partial charge in [0, 0.05) is 29.5 Å². The summed E-state index contributed by atoms with van der Waals surface area (Å²) in [4.78, 5) is 4.81. The Morgan fingerprint density at radius 2 is 1.53 bits per heavy atom. The summed E-state index contributed by atoms with van der Waals surface area (Å²) in [6.45, 7) is 0.726. The van der Waals surface area contributed by atoms with Gasteiger partial charge in [-0.25, -0.2) is 10.4 Å². The molecule has 2 N–H and O–H groups in total. The van der Waals surface area contributed by atoms with E-state index in [1.54, 1.807) is 0 Å². The van der Waals surface area contributed by atoms with Crippen molar-refractivity contribution in [2.75, 3.05) is 6.54 Å². The first-order valence-electron chi connectivity index (χ1n) is 11.0. The number of benzene rings is 3. The first-order valence-corrected chi connectivity index (χ1v) is 11.0. The molecule has 2 aliphatic heterocycles. The van der Waals surface area contributed by atoms with E-state index in [9.17, 15) is 0 Å². The number of ether oxygens (including phenoxy) is 1. The van der Waals surface area contributed by atoms with Crippen LogP contribution in [0.15, 0.2) is 95.7 Å². The highest BCUT2D eigenvalue weighted by Crippen LogP contribution is 2.38. The second-order valence-electron chi connectivity index (χ2n) is 7.86. The minimum absolute atomic E-state index is 0.563. The first-order chi connectivity index (χ1) is 16.9. The van der Waals surface area contributed by atoms with Crippen molar-refractivity contribution in [2.24, 2.45) is 4.99 Å². The zero-order valence-corrected chi connectivity index (χ0v) is 18.2. The molecule has 34 heavy (non-hydrogen) atoms. The number of hydrogen-bond donors (Lipinski definition) is 2. The largest absolute Gasteiger partial charge is 0.457 e. The highest BCUT2D eigenvalue weighted by Gasteiger charge is 2.30. The normalized spacial score (nSPS) is 15.5. The van der Waals surface area contributed by atoms with E-state index < -0.39 is 0 Å². The highest BCUT2D eigenvalue weighted by atomic mass is 16.5. The molecule has 6 rings (SSSR count). The number of nitrogens with one attached hydrogen (secondary N) is 2. The number of tetrazole rings is 1. The number of aromatic amines is 1. The van der Waals surface area contributed by atoms with E-state index in [-0.39, 0.29) is 0 Å². The maximum atomic E-state index is 6.00. The van der Waals surface area contributed by atoms with Gasteiger partial charge in [0.05, 0.1) is 5.70 Å².